The van der Waals surface area contributed by atoms with Crippen molar-refractivity contribution in [3.63, 3.8) is 0 Å². The number of hydrogen-bond donors (Lipinski definition) is 3. The van der Waals surface area contributed by atoms with Crippen LogP contribution in [-0.2, 0) is 4.79 Å². The zero-order valence-corrected chi connectivity index (χ0v) is 19.3. The number of primary amides is 1. The van der Waals surface area contributed by atoms with Crippen LogP contribution in [0.25, 0.3) is 10.9 Å². The lowest BCUT2D eigenvalue weighted by Gasteiger charge is -2.41. The average molecular weight is 451 g/mol. The van der Waals surface area contributed by atoms with Gasteiger partial charge in [-0.2, -0.15) is 5.10 Å². The van der Waals surface area contributed by atoms with Crippen LogP contribution in [0.3, 0.4) is 0 Å². The Morgan fingerprint density at radius 1 is 1.15 bits per heavy atom. The summed E-state index contributed by atoms with van der Waals surface area (Å²) in [5.41, 5.74) is 7.75. The van der Waals surface area contributed by atoms with Crippen molar-refractivity contribution in [2.45, 2.75) is 52.0 Å². The predicted molar refractivity (Wildman–Crippen MR) is 123 cm³/mol. The molecule has 0 atom stereocenters. The molecule has 9 heteroatoms. The van der Waals surface area contributed by atoms with Gasteiger partial charge in [-0.25, -0.2) is 10.0 Å². The number of hydrogen-bond acceptors (Lipinski definition) is 6. The van der Waals surface area contributed by atoms with Gasteiger partial charge in [-0.05, 0) is 82.3 Å². The number of piperidine rings is 1. The number of carbonyl (C=O) groups excluding carboxylic acids is 3. The number of H-pyrrole nitrogens is 1. The number of allylic oxidation sites excluding steroid dienone is 1. The van der Waals surface area contributed by atoms with Crippen molar-refractivity contribution in [3.8, 4) is 0 Å². The van der Waals surface area contributed by atoms with Crippen LogP contribution >= 0.6 is 0 Å². The Balaban J connectivity index is 1.54. The van der Waals surface area contributed by atoms with Gasteiger partial charge >= 0.3 is 0 Å². The smallest absolute Gasteiger partial charge is 0.273 e. The highest BCUT2D eigenvalue weighted by molar-refractivity contribution is 6.08. The van der Waals surface area contributed by atoms with E-state index < -0.39 is 5.91 Å². The summed E-state index contributed by atoms with van der Waals surface area (Å²) in [5.74, 6) is -0.841. The Labute approximate surface area is 192 Å². The van der Waals surface area contributed by atoms with E-state index in [2.05, 4.69) is 15.5 Å². The maximum Gasteiger partial charge on any atom is 0.273 e. The molecule has 1 spiro atoms. The van der Waals surface area contributed by atoms with Crippen molar-refractivity contribution >= 4 is 28.5 Å². The van der Waals surface area contributed by atoms with Crippen LogP contribution in [0, 0.1) is 5.41 Å². The number of carbonyl (C=O) groups is 3. The van der Waals surface area contributed by atoms with Gasteiger partial charge in [0.25, 0.3) is 11.8 Å². The molecule has 9 nitrogen and oxygen atoms in total. The predicted octanol–water partition coefficient (Wildman–Crippen LogP) is 2.12. The second-order valence-electron chi connectivity index (χ2n) is 10.5. The number of amides is 2. The minimum absolute atomic E-state index is 0.00374. The zero-order valence-electron chi connectivity index (χ0n) is 19.3. The first-order valence-electron chi connectivity index (χ1n) is 11.5. The molecule has 1 aliphatic carbocycles. The number of benzene rings is 1. The lowest BCUT2D eigenvalue weighted by atomic mass is 9.67. The number of rotatable bonds is 2. The highest BCUT2D eigenvalue weighted by Gasteiger charge is 2.49. The number of fused-ring (bicyclic) bond motifs is 1. The van der Waals surface area contributed by atoms with Gasteiger partial charge < -0.3 is 11.1 Å². The van der Waals surface area contributed by atoms with E-state index in [1.165, 1.54) is 0 Å². The van der Waals surface area contributed by atoms with E-state index in [0.717, 1.165) is 37.9 Å². The second-order valence-corrected chi connectivity index (χ2v) is 10.5. The molecule has 0 bridgehead atoms. The van der Waals surface area contributed by atoms with Crippen LogP contribution in [0.15, 0.2) is 29.5 Å². The van der Waals surface area contributed by atoms with Gasteiger partial charge in [-0.15, -0.1) is 0 Å². The van der Waals surface area contributed by atoms with Crippen molar-refractivity contribution in [1.29, 1.82) is 0 Å². The maximum atomic E-state index is 13.8. The quantitative estimate of drug-likeness (QED) is 0.644. The van der Waals surface area contributed by atoms with Crippen molar-refractivity contribution < 1.29 is 14.4 Å². The van der Waals surface area contributed by atoms with E-state index in [9.17, 15) is 14.4 Å². The molecule has 2 amide bonds. The van der Waals surface area contributed by atoms with Crippen LogP contribution < -0.4 is 11.1 Å². The van der Waals surface area contributed by atoms with Crippen LogP contribution in [-0.4, -0.2) is 63.0 Å². The number of aromatic nitrogens is 2. The molecule has 1 fully saturated rings. The highest BCUT2D eigenvalue weighted by Crippen LogP contribution is 2.48. The topological polar surface area (TPSA) is 124 Å². The number of nitrogens with one attached hydrogen (secondary N) is 2. The summed E-state index contributed by atoms with van der Waals surface area (Å²) in [5, 5.41) is 14.3. The van der Waals surface area contributed by atoms with Gasteiger partial charge in [0.1, 0.15) is 5.70 Å². The molecule has 4 N–H and O–H groups in total. The van der Waals surface area contributed by atoms with Crippen LogP contribution in [0.2, 0.25) is 0 Å². The Kier molecular flexibility index (Phi) is 4.95. The second kappa shape index (κ2) is 7.50. The summed E-state index contributed by atoms with van der Waals surface area (Å²) in [4.78, 5) is 38.9. The van der Waals surface area contributed by atoms with Crippen molar-refractivity contribution in [2.75, 3.05) is 19.6 Å². The first-order chi connectivity index (χ1) is 15.6. The van der Waals surface area contributed by atoms with Gasteiger partial charge in [0.05, 0.1) is 5.52 Å². The molecule has 174 valence electrons. The molecule has 0 unspecified atom stereocenters. The Bertz CT molecular complexity index is 1200. The lowest BCUT2D eigenvalue weighted by Crippen LogP contribution is -2.52. The fourth-order valence-corrected chi connectivity index (χ4v) is 5.51. The molecule has 33 heavy (non-hydrogen) atoms. The Hall–Kier alpha value is -3.04. The molecule has 2 aromatic rings. The number of aromatic amines is 1. The first kappa shape index (κ1) is 21.8. The maximum absolute atomic E-state index is 13.8. The Morgan fingerprint density at radius 3 is 2.55 bits per heavy atom. The molecular weight excluding hydrogens is 420 g/mol. The monoisotopic (exact) mass is 450 g/mol. The van der Waals surface area contributed by atoms with Crippen molar-refractivity contribution in [1.82, 2.24) is 25.5 Å². The molecular formula is C24H30N6O3. The fourth-order valence-electron chi connectivity index (χ4n) is 5.51. The summed E-state index contributed by atoms with van der Waals surface area (Å²) in [6.07, 6.45) is 3.31. The van der Waals surface area contributed by atoms with Crippen molar-refractivity contribution in [2.24, 2.45) is 11.1 Å². The molecule has 0 radical (unpaired) electrons. The van der Waals surface area contributed by atoms with Gasteiger partial charge in [0, 0.05) is 29.5 Å². The van der Waals surface area contributed by atoms with E-state index in [0.29, 0.717) is 35.1 Å². The molecule has 0 saturated carbocycles. The van der Waals surface area contributed by atoms with Gasteiger partial charge in [0.2, 0.25) is 0 Å². The summed E-state index contributed by atoms with van der Waals surface area (Å²) < 4.78 is 0. The van der Waals surface area contributed by atoms with Gasteiger partial charge in [-0.1, -0.05) is 0 Å². The zero-order chi connectivity index (χ0) is 23.5. The third kappa shape index (κ3) is 3.55. The van der Waals surface area contributed by atoms with Crippen LogP contribution in [0.1, 0.15) is 67.3 Å². The third-order valence-corrected chi connectivity index (χ3v) is 7.19. The van der Waals surface area contributed by atoms with E-state index in [1.807, 2.05) is 25.8 Å². The lowest BCUT2D eigenvalue weighted by molar-refractivity contribution is -0.122. The summed E-state index contributed by atoms with van der Waals surface area (Å²) in [6.45, 7) is 8.58. The highest BCUT2D eigenvalue weighted by atomic mass is 16.2. The molecule has 3 aliphatic rings. The number of ketones is 1. The summed E-state index contributed by atoms with van der Waals surface area (Å²) in [6, 6.07) is 5.00. The van der Waals surface area contributed by atoms with E-state index >= 15 is 0 Å². The van der Waals surface area contributed by atoms with E-state index in [4.69, 9.17) is 5.73 Å². The Morgan fingerprint density at radius 2 is 1.88 bits per heavy atom. The van der Waals surface area contributed by atoms with Crippen molar-refractivity contribution in [3.05, 3.63) is 40.7 Å². The molecule has 1 aromatic heterocycles. The largest absolute Gasteiger partial charge is 0.364 e. The van der Waals surface area contributed by atoms with Crippen LogP contribution in [0.5, 0.6) is 0 Å². The van der Waals surface area contributed by atoms with Gasteiger partial charge in [-0.3, -0.25) is 19.5 Å². The van der Waals surface area contributed by atoms with Gasteiger partial charge in [0.15, 0.2) is 11.5 Å². The number of nitrogens with two attached hydrogens (primary N) is 1. The number of hydrazine groups is 1. The minimum Gasteiger partial charge on any atom is -0.364 e. The number of nitrogens with zero attached hydrogens (tertiary/aromatic N) is 3. The molecule has 1 saturated heterocycles. The van der Waals surface area contributed by atoms with E-state index in [-0.39, 0.29) is 28.3 Å². The van der Waals surface area contributed by atoms with E-state index in [1.54, 1.807) is 23.2 Å². The summed E-state index contributed by atoms with van der Waals surface area (Å²) in [7, 11) is 0. The fraction of sp³-hybridized carbons (Fsp3) is 0.500. The SMILES string of the molecule is CC(C)(C)N1CC2=C(C(=O)CC3(CCNCC3)C2)N1C(=O)c1ccc2c(C(N)=O)n[nH]c2c1. The number of Topliss-reactive ketones (excluding diaryl/α,β-unsaturated/α-hetero) is 1. The van der Waals surface area contributed by atoms with Crippen LogP contribution in [0.4, 0.5) is 0 Å². The molecule has 1 aromatic carbocycles. The molecule has 5 rings (SSSR count). The first-order valence-corrected chi connectivity index (χ1v) is 11.5. The summed E-state index contributed by atoms with van der Waals surface area (Å²) >= 11 is 0. The average Bonchev–Trinajstić information content (AvgIpc) is 3.35. The molecule has 2 aliphatic heterocycles. The molecule has 3 heterocycles. The normalized spacial score (nSPS) is 21.2. The standard InChI is InChI=1S/C24H30N6O3/c1-23(2,3)29-13-15-11-24(6-8-26-9-7-24)12-18(31)20(15)30(29)22(33)14-4-5-16-17(10-14)27-28-19(16)21(25)32/h4-5,10,26H,6-9,11-13H2,1-3H3,(H2,25,32)(H,27,28). The minimum atomic E-state index is -0.631. The third-order valence-electron chi connectivity index (χ3n) is 7.19.